The summed E-state index contributed by atoms with van der Waals surface area (Å²) in [6.45, 7) is 0.755. The zero-order valence-electron chi connectivity index (χ0n) is 19.0. The second kappa shape index (κ2) is 9.87. The van der Waals surface area contributed by atoms with E-state index in [1.54, 1.807) is 0 Å². The number of hydrogen-bond donors (Lipinski definition) is 2. The molecule has 5 rings (SSSR count). The van der Waals surface area contributed by atoms with E-state index in [-0.39, 0.29) is 25.0 Å². The number of aromatic nitrogens is 1. The number of alkyl carbamates (subject to hydrolysis) is 1. The summed E-state index contributed by atoms with van der Waals surface area (Å²) in [7, 11) is 0. The Bertz CT molecular complexity index is 1230. The molecule has 180 valence electrons. The van der Waals surface area contributed by atoms with Crippen LogP contribution in [0, 0.1) is 0 Å². The third kappa shape index (κ3) is 4.64. The Morgan fingerprint density at radius 2 is 1.74 bits per heavy atom. The number of aliphatic carboxylic acids is 1. The first kappa shape index (κ1) is 23.0. The molecule has 0 saturated carbocycles. The molecule has 3 aromatic rings. The highest BCUT2D eigenvalue weighted by Crippen LogP contribution is 2.44. The zero-order chi connectivity index (χ0) is 24.4. The lowest BCUT2D eigenvalue weighted by molar-refractivity contribution is -0.143. The van der Waals surface area contributed by atoms with Gasteiger partial charge in [-0.25, -0.2) is 14.6 Å². The third-order valence-electron chi connectivity index (χ3n) is 6.54. The number of likely N-dealkylation sites (tertiary alicyclic amines) is 1. The molecule has 2 aliphatic rings. The van der Waals surface area contributed by atoms with Gasteiger partial charge in [0.05, 0.1) is 12.7 Å². The molecule has 2 aromatic carbocycles. The molecule has 0 radical (unpaired) electrons. The van der Waals surface area contributed by atoms with Crippen molar-refractivity contribution in [3.8, 4) is 11.1 Å². The number of hydrogen-bond acceptors (Lipinski definition) is 6. The maximum absolute atomic E-state index is 12.8. The largest absolute Gasteiger partial charge is 0.480 e. The number of fused-ring (bicyclic) bond motifs is 3. The second-order valence-electron chi connectivity index (χ2n) is 8.65. The molecule has 1 fully saturated rings. The van der Waals surface area contributed by atoms with Crippen molar-refractivity contribution >= 4 is 29.3 Å². The van der Waals surface area contributed by atoms with Crippen LogP contribution < -0.4 is 5.32 Å². The highest BCUT2D eigenvalue weighted by molar-refractivity contribution is 7.13. The predicted molar refractivity (Wildman–Crippen MR) is 130 cm³/mol. The number of thiazole rings is 1. The van der Waals surface area contributed by atoms with Crippen molar-refractivity contribution in [1.82, 2.24) is 15.2 Å². The quantitative estimate of drug-likeness (QED) is 0.533. The number of rotatable bonds is 6. The molecule has 1 aromatic heterocycles. The number of nitrogens with one attached hydrogen (secondary N) is 1. The third-order valence-corrected chi connectivity index (χ3v) is 7.53. The Kier molecular flexibility index (Phi) is 6.50. The summed E-state index contributed by atoms with van der Waals surface area (Å²) in [6.07, 6.45) is 2.91. The number of ether oxygens (including phenoxy) is 1. The van der Waals surface area contributed by atoms with E-state index in [2.05, 4.69) is 34.6 Å². The minimum absolute atomic E-state index is 0.0241. The summed E-state index contributed by atoms with van der Waals surface area (Å²) < 4.78 is 5.54. The number of piperidine rings is 1. The van der Waals surface area contributed by atoms with E-state index in [1.807, 2.05) is 24.3 Å². The van der Waals surface area contributed by atoms with E-state index in [0.717, 1.165) is 46.4 Å². The topological polar surface area (TPSA) is 109 Å². The van der Waals surface area contributed by atoms with Crippen molar-refractivity contribution in [1.29, 1.82) is 0 Å². The van der Waals surface area contributed by atoms with Gasteiger partial charge in [-0.2, -0.15) is 0 Å². The van der Waals surface area contributed by atoms with Crippen molar-refractivity contribution in [3.05, 3.63) is 75.7 Å². The number of carboxylic acid groups (broad SMARTS) is 1. The average molecular weight is 492 g/mol. The van der Waals surface area contributed by atoms with Gasteiger partial charge in [0, 0.05) is 12.5 Å². The Morgan fingerprint density at radius 3 is 2.43 bits per heavy atom. The van der Waals surface area contributed by atoms with Crippen molar-refractivity contribution in [3.63, 3.8) is 0 Å². The van der Waals surface area contributed by atoms with Gasteiger partial charge in [-0.05, 0) is 41.5 Å². The minimum Gasteiger partial charge on any atom is -0.480 e. The van der Waals surface area contributed by atoms with Gasteiger partial charge in [0.25, 0.3) is 5.91 Å². The van der Waals surface area contributed by atoms with Crippen LogP contribution in [0.1, 0.15) is 51.0 Å². The van der Waals surface area contributed by atoms with Gasteiger partial charge in [0.1, 0.15) is 22.5 Å². The Balaban J connectivity index is 1.17. The van der Waals surface area contributed by atoms with Gasteiger partial charge < -0.3 is 20.1 Å². The summed E-state index contributed by atoms with van der Waals surface area (Å²) in [6, 6.07) is 15.5. The van der Waals surface area contributed by atoms with Crippen LogP contribution in [-0.4, -0.2) is 52.2 Å². The summed E-state index contributed by atoms with van der Waals surface area (Å²) in [5, 5.41) is 12.7. The first-order valence-electron chi connectivity index (χ1n) is 11.6. The lowest BCUT2D eigenvalue weighted by Crippen LogP contribution is -2.47. The monoisotopic (exact) mass is 491 g/mol. The van der Waals surface area contributed by atoms with Crippen LogP contribution in [0.25, 0.3) is 11.1 Å². The fourth-order valence-electron chi connectivity index (χ4n) is 4.86. The Hall–Kier alpha value is -3.72. The summed E-state index contributed by atoms with van der Waals surface area (Å²) in [5.74, 6) is -1.34. The fourth-order valence-corrected chi connectivity index (χ4v) is 5.67. The van der Waals surface area contributed by atoms with Crippen LogP contribution in [0.3, 0.4) is 0 Å². The van der Waals surface area contributed by atoms with Gasteiger partial charge in [-0.1, -0.05) is 48.5 Å². The molecule has 1 atom stereocenters. The van der Waals surface area contributed by atoms with Gasteiger partial charge in [-0.3, -0.25) is 4.79 Å². The van der Waals surface area contributed by atoms with Gasteiger partial charge in [0.2, 0.25) is 0 Å². The first-order valence-corrected chi connectivity index (χ1v) is 12.4. The number of benzene rings is 2. The van der Waals surface area contributed by atoms with Gasteiger partial charge in [0.15, 0.2) is 0 Å². The van der Waals surface area contributed by atoms with Crippen LogP contribution in [0.2, 0.25) is 0 Å². The molecule has 2 heterocycles. The SMILES string of the molecule is O=C(NCc1ncc(C(=O)N2CCCC[C@H]2C(=O)O)s1)OCC1c2ccccc2-c2ccccc21. The highest BCUT2D eigenvalue weighted by Gasteiger charge is 2.33. The molecule has 1 saturated heterocycles. The van der Waals surface area contributed by atoms with E-state index in [0.29, 0.717) is 22.9 Å². The number of amides is 2. The predicted octanol–water partition coefficient (Wildman–Crippen LogP) is 4.26. The molecular formula is C26H25N3O5S. The van der Waals surface area contributed by atoms with Crippen molar-refractivity contribution in [2.24, 2.45) is 0 Å². The number of carboxylic acids is 1. The number of nitrogens with zero attached hydrogens (tertiary/aromatic N) is 2. The Labute approximate surface area is 206 Å². The number of carbonyl (C=O) groups is 3. The second-order valence-corrected chi connectivity index (χ2v) is 9.76. The smallest absolute Gasteiger partial charge is 0.407 e. The maximum atomic E-state index is 12.8. The maximum Gasteiger partial charge on any atom is 0.407 e. The number of carbonyl (C=O) groups excluding carboxylic acids is 2. The highest BCUT2D eigenvalue weighted by atomic mass is 32.1. The van der Waals surface area contributed by atoms with Gasteiger partial charge >= 0.3 is 12.1 Å². The van der Waals surface area contributed by atoms with Crippen LogP contribution in [0.4, 0.5) is 4.79 Å². The normalized spacial score (nSPS) is 16.9. The van der Waals surface area contributed by atoms with Crippen LogP contribution in [0.15, 0.2) is 54.7 Å². The lowest BCUT2D eigenvalue weighted by Gasteiger charge is -2.32. The van der Waals surface area contributed by atoms with E-state index in [9.17, 15) is 19.5 Å². The standard InChI is InChI=1S/C26H25N3O5S/c30-24(29-12-6-5-11-21(29)25(31)32)22-13-27-23(35-22)14-28-26(33)34-15-20-18-9-3-1-7-16(18)17-8-2-4-10-19(17)20/h1-4,7-10,13,20-21H,5-6,11-12,14-15H2,(H,28,33)(H,31,32)/t21-/m0/s1. The van der Waals surface area contributed by atoms with E-state index < -0.39 is 18.1 Å². The summed E-state index contributed by atoms with van der Waals surface area (Å²) >= 11 is 1.15. The minimum atomic E-state index is -0.986. The van der Waals surface area contributed by atoms with Crippen molar-refractivity contribution < 1.29 is 24.2 Å². The summed E-state index contributed by atoms with van der Waals surface area (Å²) in [4.78, 5) is 42.7. The molecule has 1 aliphatic carbocycles. The van der Waals surface area contributed by atoms with E-state index >= 15 is 0 Å². The van der Waals surface area contributed by atoms with Crippen LogP contribution in [0.5, 0.6) is 0 Å². The molecule has 0 bridgehead atoms. The molecule has 8 nitrogen and oxygen atoms in total. The lowest BCUT2D eigenvalue weighted by atomic mass is 9.98. The molecular weight excluding hydrogens is 466 g/mol. The Morgan fingerprint density at radius 1 is 1.06 bits per heavy atom. The molecule has 9 heteroatoms. The molecule has 35 heavy (non-hydrogen) atoms. The van der Waals surface area contributed by atoms with Crippen LogP contribution >= 0.6 is 11.3 Å². The molecule has 1 aliphatic heterocycles. The summed E-state index contributed by atoms with van der Waals surface area (Å²) in [5.41, 5.74) is 4.61. The van der Waals surface area contributed by atoms with Crippen molar-refractivity contribution in [2.75, 3.05) is 13.2 Å². The zero-order valence-corrected chi connectivity index (χ0v) is 19.8. The first-order chi connectivity index (χ1) is 17.0. The van der Waals surface area contributed by atoms with Gasteiger partial charge in [-0.15, -0.1) is 11.3 Å². The van der Waals surface area contributed by atoms with Crippen molar-refractivity contribution in [2.45, 2.75) is 37.8 Å². The van der Waals surface area contributed by atoms with Crippen LogP contribution in [-0.2, 0) is 16.1 Å². The average Bonchev–Trinajstić information content (AvgIpc) is 3.49. The molecule has 0 unspecified atom stereocenters. The fraction of sp³-hybridized carbons (Fsp3) is 0.308. The van der Waals surface area contributed by atoms with E-state index in [1.165, 1.54) is 11.1 Å². The molecule has 2 amide bonds. The molecule has 0 spiro atoms. The van der Waals surface area contributed by atoms with E-state index in [4.69, 9.17) is 4.74 Å². The molecule has 2 N–H and O–H groups in total.